The van der Waals surface area contributed by atoms with Crippen molar-refractivity contribution in [3.8, 4) is 11.4 Å². The summed E-state index contributed by atoms with van der Waals surface area (Å²) in [5, 5.41) is 6.55. The Balaban J connectivity index is 1.54. The van der Waals surface area contributed by atoms with Gasteiger partial charge in [-0.1, -0.05) is 12.1 Å². The molecule has 9 nitrogen and oxygen atoms in total. The predicted molar refractivity (Wildman–Crippen MR) is 120 cm³/mol. The minimum Gasteiger partial charge on any atom is -0.488 e. The van der Waals surface area contributed by atoms with Gasteiger partial charge in [-0.3, -0.25) is 9.36 Å². The number of hydrogen-bond acceptors (Lipinski definition) is 7. The van der Waals surface area contributed by atoms with E-state index in [2.05, 4.69) is 20.8 Å². The molecule has 1 fully saturated rings. The van der Waals surface area contributed by atoms with Crippen LogP contribution in [0, 0.1) is 5.82 Å². The minimum absolute atomic E-state index is 0.0871. The maximum atomic E-state index is 13.7. The average molecular weight is 437 g/mol. The normalized spacial score (nSPS) is 13.6. The Kier molecular flexibility index (Phi) is 6.31. The smallest absolute Gasteiger partial charge is 0.298 e. The Labute approximate surface area is 183 Å². The number of hydrazine groups is 1. The lowest BCUT2D eigenvalue weighted by Crippen LogP contribution is -2.31. The number of hydrogen-bond donors (Lipinski definition) is 4. The number of nitrogens with two attached hydrogens (primary N) is 2. The van der Waals surface area contributed by atoms with Gasteiger partial charge in [0.15, 0.2) is 5.82 Å². The molecule has 0 atom stereocenters. The van der Waals surface area contributed by atoms with Gasteiger partial charge in [0, 0.05) is 30.6 Å². The molecule has 1 aliphatic rings. The van der Waals surface area contributed by atoms with Gasteiger partial charge in [0.2, 0.25) is 0 Å². The lowest BCUT2D eigenvalue weighted by Gasteiger charge is -2.13. The van der Waals surface area contributed by atoms with Crippen LogP contribution >= 0.6 is 0 Å². The lowest BCUT2D eigenvalue weighted by atomic mass is 10.1. The molecule has 32 heavy (non-hydrogen) atoms. The van der Waals surface area contributed by atoms with Gasteiger partial charge < -0.3 is 21.3 Å². The number of anilines is 2. The van der Waals surface area contributed by atoms with E-state index in [0.717, 1.165) is 18.4 Å². The van der Waals surface area contributed by atoms with Crippen molar-refractivity contribution in [1.82, 2.24) is 15.0 Å². The van der Waals surface area contributed by atoms with E-state index in [-0.39, 0.29) is 17.5 Å². The van der Waals surface area contributed by atoms with Crippen LogP contribution in [0.2, 0.25) is 0 Å². The predicted octanol–water partition coefficient (Wildman–Crippen LogP) is 2.32. The van der Waals surface area contributed by atoms with Crippen molar-refractivity contribution >= 4 is 17.3 Å². The van der Waals surface area contributed by atoms with E-state index in [1.54, 1.807) is 6.20 Å². The van der Waals surface area contributed by atoms with Crippen molar-refractivity contribution in [2.45, 2.75) is 31.8 Å². The van der Waals surface area contributed by atoms with Crippen LogP contribution in [0.3, 0.4) is 0 Å². The lowest BCUT2D eigenvalue weighted by molar-refractivity contribution is 0.303. The average Bonchev–Trinajstić information content (AvgIpc) is 3.62. The van der Waals surface area contributed by atoms with Gasteiger partial charge in [-0.25, -0.2) is 15.2 Å². The third kappa shape index (κ3) is 5.03. The number of aromatic nitrogens is 2. The molecule has 4 rings (SSSR count). The Bertz CT molecular complexity index is 1170. The van der Waals surface area contributed by atoms with Gasteiger partial charge in [-0.15, -0.1) is 0 Å². The molecule has 1 saturated carbocycles. The summed E-state index contributed by atoms with van der Waals surface area (Å²) in [5.74, 6) is 11.2. The summed E-state index contributed by atoms with van der Waals surface area (Å²) in [6.07, 6.45) is 6.33. The van der Waals surface area contributed by atoms with E-state index in [9.17, 15) is 9.18 Å². The zero-order chi connectivity index (χ0) is 22.5. The van der Waals surface area contributed by atoms with Crippen molar-refractivity contribution in [3.05, 3.63) is 76.6 Å². The van der Waals surface area contributed by atoms with Crippen LogP contribution in [0.1, 0.15) is 24.8 Å². The first-order valence-corrected chi connectivity index (χ1v) is 10.2. The monoisotopic (exact) mass is 437 g/mol. The summed E-state index contributed by atoms with van der Waals surface area (Å²) in [5.41, 5.74) is 4.32. The summed E-state index contributed by atoms with van der Waals surface area (Å²) in [6.45, 7) is 0. The molecule has 0 radical (unpaired) electrons. The van der Waals surface area contributed by atoms with E-state index in [1.807, 2.05) is 24.3 Å². The number of amidine groups is 1. The zero-order valence-electron chi connectivity index (χ0n) is 17.3. The van der Waals surface area contributed by atoms with Gasteiger partial charge in [-0.2, -0.15) is 5.10 Å². The topological polar surface area (TPSA) is 133 Å². The quantitative estimate of drug-likeness (QED) is 0.184. The number of benzene rings is 2. The molecule has 0 saturated heterocycles. The summed E-state index contributed by atoms with van der Waals surface area (Å²) < 4.78 is 20.9. The maximum absolute atomic E-state index is 13.7. The molecule has 1 aromatic heterocycles. The SMILES string of the molecule is N/N=C(/CCc1ccc(-n2ccnc(Nc3ccc(F)cc3OC3CC3)c2=O)cc1)NN. The first kappa shape index (κ1) is 21.3. The van der Waals surface area contributed by atoms with Crippen molar-refractivity contribution in [1.29, 1.82) is 0 Å². The highest BCUT2D eigenvalue weighted by molar-refractivity contribution is 5.81. The summed E-state index contributed by atoms with van der Waals surface area (Å²) in [6, 6.07) is 11.7. The second kappa shape index (κ2) is 9.48. The highest BCUT2D eigenvalue weighted by atomic mass is 19.1. The third-order valence-corrected chi connectivity index (χ3v) is 5.04. The fourth-order valence-electron chi connectivity index (χ4n) is 3.15. The summed E-state index contributed by atoms with van der Waals surface area (Å²) in [7, 11) is 0. The van der Waals surface area contributed by atoms with Gasteiger partial charge in [0.1, 0.15) is 17.4 Å². The molecule has 6 N–H and O–H groups in total. The van der Waals surface area contributed by atoms with Gasteiger partial charge in [0.25, 0.3) is 5.56 Å². The molecule has 0 amide bonds. The van der Waals surface area contributed by atoms with Gasteiger partial charge >= 0.3 is 0 Å². The number of rotatable bonds is 8. The van der Waals surface area contributed by atoms with Gasteiger partial charge in [-0.05, 0) is 49.1 Å². The molecule has 10 heteroatoms. The van der Waals surface area contributed by atoms with Crippen LogP contribution in [0.5, 0.6) is 5.75 Å². The standard InChI is InChI=1S/C22H24FN7O2/c23-15-4-9-18(19(13-15)32-17-7-8-17)27-21-22(31)30(12-11-26-21)16-5-1-14(2-6-16)3-10-20(28-24)29-25/h1-2,4-6,9,11-13,17H,3,7-8,10,24-25H2,(H,26,27)(H,28,29). The first-order chi connectivity index (χ1) is 15.6. The van der Waals surface area contributed by atoms with Gasteiger partial charge in [0.05, 0.1) is 11.8 Å². The van der Waals surface area contributed by atoms with Crippen LogP contribution in [0.15, 0.2) is 64.8 Å². The molecule has 0 unspecified atom stereocenters. The van der Waals surface area contributed by atoms with Crippen molar-refractivity contribution in [3.63, 3.8) is 0 Å². The van der Waals surface area contributed by atoms with Crippen molar-refractivity contribution in [2.75, 3.05) is 5.32 Å². The second-order valence-electron chi connectivity index (χ2n) is 7.42. The number of nitrogens with zero attached hydrogens (tertiary/aromatic N) is 3. The third-order valence-electron chi connectivity index (χ3n) is 5.04. The Morgan fingerprint density at radius 3 is 2.72 bits per heavy atom. The second-order valence-corrected chi connectivity index (χ2v) is 7.42. The van der Waals surface area contributed by atoms with Crippen LogP contribution in [-0.4, -0.2) is 21.5 Å². The molecule has 0 bridgehead atoms. The van der Waals surface area contributed by atoms with Crippen molar-refractivity contribution < 1.29 is 9.13 Å². The van der Waals surface area contributed by atoms with Crippen LogP contribution in [0.25, 0.3) is 5.69 Å². The fraction of sp³-hybridized carbons (Fsp3) is 0.227. The molecule has 2 aromatic carbocycles. The van der Waals surface area contributed by atoms with E-state index in [0.29, 0.717) is 35.8 Å². The zero-order valence-corrected chi connectivity index (χ0v) is 17.3. The molecular formula is C22H24FN7O2. The molecule has 0 spiro atoms. The molecule has 3 aromatic rings. The minimum atomic E-state index is -0.406. The Morgan fingerprint density at radius 1 is 1.25 bits per heavy atom. The van der Waals surface area contributed by atoms with Crippen LogP contribution in [0.4, 0.5) is 15.9 Å². The number of aryl methyl sites for hydroxylation is 1. The molecule has 1 aliphatic carbocycles. The number of hydrazone groups is 1. The number of ether oxygens (including phenoxy) is 1. The molecule has 166 valence electrons. The number of halogens is 1. The highest BCUT2D eigenvalue weighted by Gasteiger charge is 2.25. The fourth-order valence-corrected chi connectivity index (χ4v) is 3.15. The van der Waals surface area contributed by atoms with E-state index >= 15 is 0 Å². The highest BCUT2D eigenvalue weighted by Crippen LogP contribution is 2.33. The summed E-state index contributed by atoms with van der Waals surface area (Å²) in [4.78, 5) is 17.2. The number of nitrogens with one attached hydrogen (secondary N) is 2. The van der Waals surface area contributed by atoms with Crippen LogP contribution in [-0.2, 0) is 6.42 Å². The Hall–Kier alpha value is -3.92. The van der Waals surface area contributed by atoms with E-state index in [1.165, 1.54) is 29.0 Å². The Morgan fingerprint density at radius 2 is 2.03 bits per heavy atom. The van der Waals surface area contributed by atoms with Crippen molar-refractivity contribution in [2.24, 2.45) is 16.8 Å². The largest absolute Gasteiger partial charge is 0.488 e. The van der Waals surface area contributed by atoms with E-state index in [4.69, 9.17) is 16.4 Å². The molecule has 0 aliphatic heterocycles. The van der Waals surface area contributed by atoms with Crippen LogP contribution < -0.4 is 32.7 Å². The maximum Gasteiger partial charge on any atom is 0.298 e. The first-order valence-electron chi connectivity index (χ1n) is 10.2. The summed E-state index contributed by atoms with van der Waals surface area (Å²) >= 11 is 0. The van der Waals surface area contributed by atoms with E-state index < -0.39 is 5.82 Å². The molecular weight excluding hydrogens is 413 g/mol. The molecule has 1 heterocycles.